The first-order valence-corrected chi connectivity index (χ1v) is 7.92. The summed E-state index contributed by atoms with van der Waals surface area (Å²) in [5, 5.41) is 14.5. The first-order valence-electron chi connectivity index (χ1n) is 6.98. The molecule has 0 atom stereocenters. The quantitative estimate of drug-likeness (QED) is 0.782. The van der Waals surface area contributed by atoms with Crippen LogP contribution in [0.1, 0.15) is 18.4 Å². The summed E-state index contributed by atoms with van der Waals surface area (Å²) in [5.41, 5.74) is 2.87. The average molecular weight is 313 g/mol. The third-order valence-electron chi connectivity index (χ3n) is 3.19. The molecule has 2 heterocycles. The molecule has 0 aliphatic heterocycles. The van der Waals surface area contributed by atoms with Crippen molar-refractivity contribution in [2.75, 3.05) is 5.32 Å². The fourth-order valence-corrected chi connectivity index (χ4v) is 2.62. The van der Waals surface area contributed by atoms with Crippen molar-refractivity contribution in [2.24, 2.45) is 0 Å². The lowest BCUT2D eigenvalue weighted by Crippen LogP contribution is -2.14. The molecule has 1 amide bonds. The molecular weight excluding hydrogens is 298 g/mol. The molecule has 0 saturated carbocycles. The van der Waals surface area contributed by atoms with Crippen molar-refractivity contribution < 1.29 is 9.21 Å². The van der Waals surface area contributed by atoms with E-state index in [1.165, 1.54) is 5.56 Å². The second-order valence-corrected chi connectivity index (χ2v) is 5.57. The largest absolute Gasteiger partial charge is 0.420 e. The summed E-state index contributed by atoms with van der Waals surface area (Å²) in [6.07, 6.45) is 1.04. The number of carbonyl (C=O) groups is 1. The van der Waals surface area contributed by atoms with Crippen molar-refractivity contribution in [3.63, 3.8) is 0 Å². The Balaban J connectivity index is 1.61. The average Bonchev–Trinajstić information content (AvgIpc) is 3.19. The van der Waals surface area contributed by atoms with Crippen molar-refractivity contribution in [2.45, 2.75) is 19.8 Å². The van der Waals surface area contributed by atoms with Crippen LogP contribution in [0.5, 0.6) is 0 Å². The van der Waals surface area contributed by atoms with Gasteiger partial charge in [0.1, 0.15) is 6.42 Å². The summed E-state index contributed by atoms with van der Waals surface area (Å²) < 4.78 is 5.50. The monoisotopic (exact) mass is 313 g/mol. The van der Waals surface area contributed by atoms with E-state index in [0.29, 0.717) is 11.8 Å². The van der Waals surface area contributed by atoms with Gasteiger partial charge >= 0.3 is 0 Å². The van der Waals surface area contributed by atoms with E-state index < -0.39 is 0 Å². The predicted octanol–water partition coefficient (Wildman–Crippen LogP) is 3.54. The van der Waals surface area contributed by atoms with E-state index in [9.17, 15) is 4.79 Å². The number of hydrogen-bond acceptors (Lipinski definition) is 5. The first kappa shape index (κ1) is 14.5. The van der Waals surface area contributed by atoms with Gasteiger partial charge in [-0.25, -0.2) is 0 Å². The van der Waals surface area contributed by atoms with Gasteiger partial charge in [-0.3, -0.25) is 4.79 Å². The molecule has 0 bridgehead atoms. The van der Waals surface area contributed by atoms with Gasteiger partial charge in [0.25, 0.3) is 0 Å². The van der Waals surface area contributed by atoms with Crippen LogP contribution in [0.15, 0.2) is 45.5 Å². The molecule has 2 aromatic heterocycles. The summed E-state index contributed by atoms with van der Waals surface area (Å²) in [5.74, 6) is 0.574. The Hall–Kier alpha value is -2.47. The molecule has 3 aromatic rings. The molecule has 6 heteroatoms. The molecule has 0 aliphatic rings. The van der Waals surface area contributed by atoms with Crippen molar-refractivity contribution in [3.8, 4) is 11.5 Å². The van der Waals surface area contributed by atoms with Crippen LogP contribution in [0.25, 0.3) is 11.5 Å². The zero-order valence-corrected chi connectivity index (χ0v) is 12.9. The maximum Gasteiger partial charge on any atom is 0.248 e. The van der Waals surface area contributed by atoms with Gasteiger partial charge in [-0.05, 0) is 35.6 Å². The van der Waals surface area contributed by atoms with Crippen molar-refractivity contribution in [3.05, 3.63) is 52.5 Å². The smallest absolute Gasteiger partial charge is 0.248 e. The Kier molecular flexibility index (Phi) is 4.29. The molecule has 1 aromatic carbocycles. The minimum absolute atomic E-state index is 0.0622. The lowest BCUT2D eigenvalue weighted by Gasteiger charge is -2.04. The van der Waals surface area contributed by atoms with Gasteiger partial charge in [0.2, 0.25) is 17.7 Å². The second kappa shape index (κ2) is 6.53. The number of amides is 1. The second-order valence-electron chi connectivity index (χ2n) is 4.79. The standard InChI is InChI=1S/C16H15N3O2S/c1-2-11-3-5-13(6-4-11)17-14(20)9-15-18-19-16(21-15)12-7-8-22-10-12/h3-8,10H,2,9H2,1H3,(H,17,20). The van der Waals surface area contributed by atoms with Crippen LogP contribution in [0, 0.1) is 0 Å². The van der Waals surface area contributed by atoms with Gasteiger partial charge in [-0.2, -0.15) is 11.3 Å². The number of rotatable bonds is 5. The fourth-order valence-electron chi connectivity index (χ4n) is 1.99. The van der Waals surface area contributed by atoms with Crippen LogP contribution in [-0.4, -0.2) is 16.1 Å². The van der Waals surface area contributed by atoms with Crippen LogP contribution in [0.4, 0.5) is 5.69 Å². The third kappa shape index (κ3) is 3.40. The number of benzene rings is 1. The van der Waals surface area contributed by atoms with Crippen molar-refractivity contribution in [1.82, 2.24) is 10.2 Å². The maximum absolute atomic E-state index is 12.0. The normalized spacial score (nSPS) is 10.6. The number of thiophene rings is 1. The SMILES string of the molecule is CCc1ccc(NC(=O)Cc2nnc(-c3ccsc3)o2)cc1. The number of aromatic nitrogens is 2. The highest BCUT2D eigenvalue weighted by Gasteiger charge is 2.12. The number of anilines is 1. The molecule has 0 radical (unpaired) electrons. The molecule has 112 valence electrons. The molecule has 22 heavy (non-hydrogen) atoms. The highest BCUT2D eigenvalue weighted by atomic mass is 32.1. The number of aryl methyl sites for hydroxylation is 1. The number of hydrogen-bond donors (Lipinski definition) is 1. The Morgan fingerprint density at radius 1 is 1.23 bits per heavy atom. The van der Waals surface area contributed by atoms with Gasteiger partial charge in [-0.1, -0.05) is 19.1 Å². The number of nitrogens with one attached hydrogen (secondary N) is 1. The summed E-state index contributed by atoms with van der Waals surface area (Å²) in [7, 11) is 0. The van der Waals surface area contributed by atoms with E-state index in [1.807, 2.05) is 41.1 Å². The summed E-state index contributed by atoms with van der Waals surface area (Å²) in [4.78, 5) is 12.0. The van der Waals surface area contributed by atoms with E-state index >= 15 is 0 Å². The predicted molar refractivity (Wildman–Crippen MR) is 85.8 cm³/mol. The molecule has 0 aliphatic carbocycles. The summed E-state index contributed by atoms with van der Waals surface area (Å²) in [6, 6.07) is 9.67. The van der Waals surface area contributed by atoms with Gasteiger partial charge < -0.3 is 9.73 Å². The zero-order valence-electron chi connectivity index (χ0n) is 12.1. The van der Waals surface area contributed by atoms with Crippen LogP contribution in [-0.2, 0) is 17.6 Å². The molecule has 0 saturated heterocycles. The number of nitrogens with zero attached hydrogens (tertiary/aromatic N) is 2. The van der Waals surface area contributed by atoms with E-state index in [1.54, 1.807) is 11.3 Å². The molecule has 3 rings (SSSR count). The Labute approximate surface area is 132 Å². The Morgan fingerprint density at radius 3 is 2.73 bits per heavy atom. The highest BCUT2D eigenvalue weighted by molar-refractivity contribution is 7.08. The minimum Gasteiger partial charge on any atom is -0.420 e. The summed E-state index contributed by atoms with van der Waals surface area (Å²) in [6.45, 7) is 2.09. The fraction of sp³-hybridized carbons (Fsp3) is 0.188. The van der Waals surface area contributed by atoms with Crippen LogP contribution in [0.2, 0.25) is 0 Å². The number of carbonyl (C=O) groups excluding carboxylic acids is 1. The molecule has 0 spiro atoms. The van der Waals surface area contributed by atoms with Gasteiger partial charge in [0.15, 0.2) is 0 Å². The molecule has 1 N–H and O–H groups in total. The van der Waals surface area contributed by atoms with E-state index in [4.69, 9.17) is 4.42 Å². The molecule has 0 fully saturated rings. The minimum atomic E-state index is -0.176. The van der Waals surface area contributed by atoms with Crippen molar-refractivity contribution >= 4 is 22.9 Å². The first-order chi connectivity index (χ1) is 10.7. The lowest BCUT2D eigenvalue weighted by molar-refractivity contribution is -0.115. The van der Waals surface area contributed by atoms with Gasteiger partial charge in [-0.15, -0.1) is 10.2 Å². The van der Waals surface area contributed by atoms with Crippen LogP contribution in [0.3, 0.4) is 0 Å². The van der Waals surface area contributed by atoms with Crippen LogP contribution >= 0.6 is 11.3 Å². The highest BCUT2D eigenvalue weighted by Crippen LogP contribution is 2.20. The van der Waals surface area contributed by atoms with E-state index in [2.05, 4.69) is 22.4 Å². The third-order valence-corrected chi connectivity index (χ3v) is 3.88. The zero-order chi connectivity index (χ0) is 15.4. The molecule has 5 nitrogen and oxygen atoms in total. The summed E-state index contributed by atoms with van der Waals surface area (Å²) >= 11 is 1.56. The molecule has 0 unspecified atom stereocenters. The van der Waals surface area contributed by atoms with E-state index in [-0.39, 0.29) is 12.3 Å². The maximum atomic E-state index is 12.0. The molecular formula is C16H15N3O2S. The van der Waals surface area contributed by atoms with Crippen LogP contribution < -0.4 is 5.32 Å². The Bertz CT molecular complexity index is 748. The lowest BCUT2D eigenvalue weighted by atomic mass is 10.1. The topological polar surface area (TPSA) is 68.0 Å². The van der Waals surface area contributed by atoms with Gasteiger partial charge in [0, 0.05) is 16.6 Å². The van der Waals surface area contributed by atoms with Crippen molar-refractivity contribution in [1.29, 1.82) is 0 Å². The van der Waals surface area contributed by atoms with E-state index in [0.717, 1.165) is 17.7 Å². The van der Waals surface area contributed by atoms with Gasteiger partial charge in [0.05, 0.1) is 0 Å². The Morgan fingerprint density at radius 2 is 2.05 bits per heavy atom.